The molecule has 0 spiro atoms. The Balaban J connectivity index is 2.48. The first kappa shape index (κ1) is 15.2. The van der Waals surface area contributed by atoms with E-state index in [4.69, 9.17) is 0 Å². The van der Waals surface area contributed by atoms with E-state index in [1.165, 1.54) is 0 Å². The van der Waals surface area contributed by atoms with Crippen LogP contribution in [0.4, 0.5) is 0 Å². The topological polar surface area (TPSA) is 46.2 Å². The van der Waals surface area contributed by atoms with Crippen LogP contribution >= 0.6 is 0 Å². The fourth-order valence-corrected chi connectivity index (χ4v) is 3.29. The van der Waals surface area contributed by atoms with E-state index in [2.05, 4.69) is 19.2 Å². The predicted octanol–water partition coefficient (Wildman–Crippen LogP) is 2.30. The molecule has 4 heteroatoms. The van der Waals surface area contributed by atoms with Crippen LogP contribution in [0, 0.1) is 6.92 Å². The summed E-state index contributed by atoms with van der Waals surface area (Å²) in [5.74, 6) is 0.405. The summed E-state index contributed by atoms with van der Waals surface area (Å²) in [6.45, 7) is 6.82. The zero-order valence-electron chi connectivity index (χ0n) is 11.4. The van der Waals surface area contributed by atoms with Crippen LogP contribution in [-0.2, 0) is 15.6 Å². The van der Waals surface area contributed by atoms with E-state index in [0.29, 0.717) is 12.5 Å². The average Bonchev–Trinajstić information content (AvgIpc) is 2.27. The van der Waals surface area contributed by atoms with Gasteiger partial charge in [0.2, 0.25) is 0 Å². The highest BCUT2D eigenvalue weighted by molar-refractivity contribution is 7.90. The number of rotatable bonds is 7. The van der Waals surface area contributed by atoms with Gasteiger partial charge in [0.05, 0.1) is 11.5 Å². The molecule has 0 aliphatic carbocycles. The van der Waals surface area contributed by atoms with E-state index in [1.807, 2.05) is 31.2 Å². The second-order valence-electron chi connectivity index (χ2n) is 4.98. The molecule has 1 N–H and O–H groups in total. The second-order valence-corrected chi connectivity index (χ2v) is 7.16. The van der Waals surface area contributed by atoms with Crippen LogP contribution in [-0.4, -0.2) is 26.8 Å². The Morgan fingerprint density at radius 1 is 1.22 bits per heavy atom. The molecule has 0 aliphatic heterocycles. The maximum atomic E-state index is 12.0. The number of sulfone groups is 1. The molecule has 0 bridgehead atoms. The summed E-state index contributed by atoms with van der Waals surface area (Å²) in [5.41, 5.74) is 1.95. The Morgan fingerprint density at radius 3 is 2.50 bits per heavy atom. The van der Waals surface area contributed by atoms with Crippen LogP contribution in [0.25, 0.3) is 0 Å². The summed E-state index contributed by atoms with van der Waals surface area (Å²) < 4.78 is 23.9. The molecule has 1 rings (SSSR count). The maximum absolute atomic E-state index is 12.0. The van der Waals surface area contributed by atoms with Crippen LogP contribution in [0.15, 0.2) is 24.3 Å². The molecule has 0 unspecified atom stereocenters. The first-order chi connectivity index (χ1) is 8.41. The molecule has 3 nitrogen and oxygen atoms in total. The lowest BCUT2D eigenvalue weighted by molar-refractivity contribution is 0.568. The Kier molecular flexibility index (Phi) is 5.82. The zero-order chi connectivity index (χ0) is 13.6. The van der Waals surface area contributed by atoms with Crippen molar-refractivity contribution < 1.29 is 8.42 Å². The third kappa shape index (κ3) is 5.65. The van der Waals surface area contributed by atoms with Gasteiger partial charge in [-0.15, -0.1) is 0 Å². The quantitative estimate of drug-likeness (QED) is 0.773. The molecule has 1 aromatic rings. The van der Waals surface area contributed by atoms with E-state index < -0.39 is 9.84 Å². The minimum Gasteiger partial charge on any atom is -0.314 e. The van der Waals surface area contributed by atoms with Crippen molar-refractivity contribution in [3.05, 3.63) is 35.4 Å². The summed E-state index contributed by atoms with van der Waals surface area (Å²) in [5, 5.41) is 3.23. The molecule has 102 valence electrons. The molecular formula is C14H23NO2S. The molecule has 18 heavy (non-hydrogen) atoms. The van der Waals surface area contributed by atoms with Gasteiger partial charge in [-0.1, -0.05) is 38.1 Å². The van der Waals surface area contributed by atoms with Crippen molar-refractivity contribution in [1.82, 2.24) is 5.32 Å². The minimum atomic E-state index is -3.00. The third-order valence-electron chi connectivity index (χ3n) is 2.82. The van der Waals surface area contributed by atoms with E-state index in [1.54, 1.807) is 0 Å². The van der Waals surface area contributed by atoms with Crippen molar-refractivity contribution >= 4 is 9.84 Å². The molecule has 0 amide bonds. The number of hydrogen-bond donors (Lipinski definition) is 1. The fourth-order valence-electron chi connectivity index (χ4n) is 1.76. The van der Waals surface area contributed by atoms with E-state index in [0.717, 1.165) is 17.7 Å². The number of aryl methyl sites for hydroxylation is 1. The van der Waals surface area contributed by atoms with Gasteiger partial charge in [-0.25, -0.2) is 8.42 Å². The van der Waals surface area contributed by atoms with Gasteiger partial charge in [-0.05, 0) is 31.0 Å². The zero-order valence-corrected chi connectivity index (χ0v) is 12.3. The summed E-state index contributed by atoms with van der Waals surface area (Å²) in [6.07, 6.45) is 0.673. The van der Waals surface area contributed by atoms with E-state index >= 15 is 0 Å². The van der Waals surface area contributed by atoms with Crippen molar-refractivity contribution in [2.45, 2.75) is 39.0 Å². The minimum absolute atomic E-state index is 0.154. The molecule has 0 radical (unpaired) electrons. The molecule has 1 aromatic carbocycles. The average molecular weight is 269 g/mol. The number of benzene rings is 1. The Hall–Kier alpha value is -0.870. The van der Waals surface area contributed by atoms with Crippen molar-refractivity contribution in [2.24, 2.45) is 0 Å². The van der Waals surface area contributed by atoms with Crippen molar-refractivity contribution in [1.29, 1.82) is 0 Å². The molecular weight excluding hydrogens is 246 g/mol. The highest BCUT2D eigenvalue weighted by Gasteiger charge is 2.12. The smallest absolute Gasteiger partial charge is 0.154 e. The van der Waals surface area contributed by atoms with Crippen molar-refractivity contribution in [3.63, 3.8) is 0 Å². The Labute approximate surface area is 111 Å². The first-order valence-electron chi connectivity index (χ1n) is 6.39. The Bertz CT molecular complexity index is 466. The van der Waals surface area contributed by atoms with Crippen molar-refractivity contribution in [2.75, 3.05) is 12.3 Å². The van der Waals surface area contributed by atoms with Gasteiger partial charge < -0.3 is 5.32 Å². The van der Waals surface area contributed by atoms with E-state index in [-0.39, 0.29) is 11.5 Å². The molecule has 0 aromatic heterocycles. The van der Waals surface area contributed by atoms with Gasteiger partial charge >= 0.3 is 0 Å². The molecule has 0 saturated heterocycles. The van der Waals surface area contributed by atoms with Gasteiger partial charge in [0.1, 0.15) is 0 Å². The van der Waals surface area contributed by atoms with Gasteiger partial charge in [0.15, 0.2) is 9.84 Å². The van der Waals surface area contributed by atoms with Gasteiger partial charge in [0, 0.05) is 6.04 Å². The molecule has 0 fully saturated rings. The molecule has 0 aliphatic rings. The number of hydrogen-bond acceptors (Lipinski definition) is 3. The van der Waals surface area contributed by atoms with Crippen LogP contribution in [0.1, 0.15) is 31.4 Å². The molecule has 0 heterocycles. The predicted molar refractivity (Wildman–Crippen MR) is 76.4 cm³/mol. The monoisotopic (exact) mass is 269 g/mol. The highest BCUT2D eigenvalue weighted by Crippen LogP contribution is 2.12. The van der Waals surface area contributed by atoms with E-state index in [9.17, 15) is 8.42 Å². The standard InChI is InChI=1S/C14H23NO2S/c1-12(2)15-9-6-10-18(16,17)11-14-8-5-4-7-13(14)3/h4-5,7-8,12,15H,6,9-11H2,1-3H3. The maximum Gasteiger partial charge on any atom is 0.154 e. The number of nitrogens with one attached hydrogen (secondary N) is 1. The summed E-state index contributed by atoms with van der Waals surface area (Å²) in [7, 11) is -3.00. The van der Waals surface area contributed by atoms with Gasteiger partial charge in [-0.2, -0.15) is 0 Å². The lowest BCUT2D eigenvalue weighted by Crippen LogP contribution is -2.25. The summed E-state index contributed by atoms with van der Waals surface area (Å²) in [4.78, 5) is 0. The van der Waals surface area contributed by atoms with Crippen LogP contribution in [0.2, 0.25) is 0 Å². The highest BCUT2D eigenvalue weighted by atomic mass is 32.2. The van der Waals surface area contributed by atoms with Gasteiger partial charge in [-0.3, -0.25) is 0 Å². The molecule has 0 atom stereocenters. The summed E-state index contributed by atoms with van der Waals surface area (Å²) in [6, 6.07) is 8.06. The SMILES string of the molecule is Cc1ccccc1CS(=O)(=O)CCCNC(C)C. The normalized spacial score (nSPS) is 12.0. The fraction of sp³-hybridized carbons (Fsp3) is 0.571. The summed E-state index contributed by atoms with van der Waals surface area (Å²) >= 11 is 0. The largest absolute Gasteiger partial charge is 0.314 e. The first-order valence-corrected chi connectivity index (χ1v) is 8.21. The van der Waals surface area contributed by atoms with Crippen LogP contribution in [0.3, 0.4) is 0 Å². The Morgan fingerprint density at radius 2 is 1.89 bits per heavy atom. The third-order valence-corrected chi connectivity index (χ3v) is 4.48. The van der Waals surface area contributed by atoms with Crippen molar-refractivity contribution in [3.8, 4) is 0 Å². The molecule has 0 saturated carbocycles. The lowest BCUT2D eigenvalue weighted by Gasteiger charge is -2.09. The van der Waals surface area contributed by atoms with Crippen LogP contribution in [0.5, 0.6) is 0 Å². The lowest BCUT2D eigenvalue weighted by atomic mass is 10.1. The second kappa shape index (κ2) is 6.90. The van der Waals surface area contributed by atoms with Crippen LogP contribution < -0.4 is 5.32 Å². The van der Waals surface area contributed by atoms with Gasteiger partial charge in [0.25, 0.3) is 0 Å².